The van der Waals surface area contributed by atoms with E-state index >= 15 is 0 Å². The Morgan fingerprint density at radius 3 is 1.69 bits per heavy atom. The summed E-state index contributed by atoms with van der Waals surface area (Å²) in [6, 6.07) is 0. The van der Waals surface area contributed by atoms with E-state index in [4.69, 9.17) is 0 Å². The van der Waals surface area contributed by atoms with Crippen LogP contribution in [0.25, 0.3) is 0 Å². The van der Waals surface area contributed by atoms with Crippen LogP contribution in [-0.4, -0.2) is 13.1 Å². The second-order valence-corrected chi connectivity index (χ2v) is 4.96. The van der Waals surface area contributed by atoms with Crippen LogP contribution < -0.4 is 5.32 Å². The van der Waals surface area contributed by atoms with Crippen LogP contribution in [0.1, 0.15) is 51.4 Å². The summed E-state index contributed by atoms with van der Waals surface area (Å²) in [6.07, 6.45) is 11.9. The molecule has 2 aliphatic carbocycles. The SMILES string of the molecule is C1CCC(CNCC2CCC2)CC1. The van der Waals surface area contributed by atoms with Crippen molar-refractivity contribution in [3.8, 4) is 0 Å². The zero-order valence-electron chi connectivity index (χ0n) is 8.73. The molecule has 0 spiro atoms. The zero-order chi connectivity index (χ0) is 8.93. The standard InChI is InChI=1S/C12H23N/c1-2-5-11(6-3-1)9-13-10-12-7-4-8-12/h11-13H,1-10H2. The Kier molecular flexibility index (Phi) is 3.65. The van der Waals surface area contributed by atoms with Gasteiger partial charge >= 0.3 is 0 Å². The van der Waals surface area contributed by atoms with Gasteiger partial charge in [0.15, 0.2) is 0 Å². The van der Waals surface area contributed by atoms with Crippen molar-refractivity contribution in [2.24, 2.45) is 11.8 Å². The van der Waals surface area contributed by atoms with Crippen LogP contribution >= 0.6 is 0 Å². The molecule has 0 heterocycles. The van der Waals surface area contributed by atoms with E-state index in [1.807, 2.05) is 0 Å². The Labute approximate surface area is 82.3 Å². The molecule has 1 heteroatoms. The van der Waals surface area contributed by atoms with Crippen LogP contribution in [-0.2, 0) is 0 Å². The van der Waals surface area contributed by atoms with Crippen molar-refractivity contribution in [3.05, 3.63) is 0 Å². The van der Waals surface area contributed by atoms with E-state index in [1.165, 1.54) is 64.5 Å². The Morgan fingerprint density at radius 1 is 0.692 bits per heavy atom. The van der Waals surface area contributed by atoms with Gasteiger partial charge in [0.2, 0.25) is 0 Å². The fraction of sp³-hybridized carbons (Fsp3) is 1.00. The van der Waals surface area contributed by atoms with Crippen molar-refractivity contribution in [1.29, 1.82) is 0 Å². The topological polar surface area (TPSA) is 12.0 Å². The lowest BCUT2D eigenvalue weighted by Crippen LogP contribution is -2.31. The van der Waals surface area contributed by atoms with Gasteiger partial charge in [0.25, 0.3) is 0 Å². The summed E-state index contributed by atoms with van der Waals surface area (Å²) in [5.74, 6) is 2.04. The van der Waals surface area contributed by atoms with E-state index in [0.29, 0.717) is 0 Å². The molecule has 2 fully saturated rings. The average molecular weight is 181 g/mol. The fourth-order valence-corrected chi connectivity index (χ4v) is 2.58. The largest absolute Gasteiger partial charge is 0.316 e. The molecule has 0 aromatic carbocycles. The lowest BCUT2D eigenvalue weighted by molar-refractivity contribution is 0.279. The van der Waals surface area contributed by atoms with Gasteiger partial charge in [-0.1, -0.05) is 25.7 Å². The summed E-state index contributed by atoms with van der Waals surface area (Å²) in [5, 5.41) is 3.66. The molecular formula is C12H23N. The maximum atomic E-state index is 3.66. The summed E-state index contributed by atoms with van der Waals surface area (Å²) in [6.45, 7) is 2.60. The van der Waals surface area contributed by atoms with Gasteiger partial charge in [0.1, 0.15) is 0 Å². The third-order valence-electron chi connectivity index (χ3n) is 3.82. The number of hydrogen-bond acceptors (Lipinski definition) is 1. The maximum absolute atomic E-state index is 3.66. The normalized spacial score (nSPS) is 25.8. The third-order valence-corrected chi connectivity index (χ3v) is 3.82. The first-order valence-corrected chi connectivity index (χ1v) is 6.16. The van der Waals surface area contributed by atoms with E-state index in [-0.39, 0.29) is 0 Å². The second kappa shape index (κ2) is 4.99. The lowest BCUT2D eigenvalue weighted by atomic mass is 9.85. The molecule has 0 unspecified atom stereocenters. The number of nitrogens with one attached hydrogen (secondary N) is 1. The van der Waals surface area contributed by atoms with Crippen LogP contribution in [0.4, 0.5) is 0 Å². The Hall–Kier alpha value is -0.0400. The van der Waals surface area contributed by atoms with Crippen molar-refractivity contribution in [2.45, 2.75) is 51.4 Å². The molecule has 1 nitrogen and oxygen atoms in total. The molecule has 2 saturated carbocycles. The van der Waals surface area contributed by atoms with Crippen molar-refractivity contribution in [1.82, 2.24) is 5.32 Å². The summed E-state index contributed by atoms with van der Waals surface area (Å²) in [7, 11) is 0. The monoisotopic (exact) mass is 181 g/mol. The summed E-state index contributed by atoms with van der Waals surface area (Å²) >= 11 is 0. The predicted molar refractivity (Wildman–Crippen MR) is 56.8 cm³/mol. The first-order valence-electron chi connectivity index (χ1n) is 6.16. The van der Waals surface area contributed by atoms with Crippen molar-refractivity contribution in [2.75, 3.05) is 13.1 Å². The molecule has 0 aromatic rings. The van der Waals surface area contributed by atoms with Gasteiger partial charge < -0.3 is 5.32 Å². The van der Waals surface area contributed by atoms with E-state index in [2.05, 4.69) is 5.32 Å². The van der Waals surface area contributed by atoms with Gasteiger partial charge in [-0.25, -0.2) is 0 Å². The maximum Gasteiger partial charge on any atom is -0.00204 e. The van der Waals surface area contributed by atoms with Gasteiger partial charge in [-0.15, -0.1) is 0 Å². The highest BCUT2D eigenvalue weighted by atomic mass is 14.9. The van der Waals surface area contributed by atoms with Gasteiger partial charge in [-0.2, -0.15) is 0 Å². The number of rotatable bonds is 4. The predicted octanol–water partition coefficient (Wildman–Crippen LogP) is 2.96. The molecule has 13 heavy (non-hydrogen) atoms. The molecule has 0 atom stereocenters. The lowest BCUT2D eigenvalue weighted by Gasteiger charge is -2.27. The number of hydrogen-bond donors (Lipinski definition) is 1. The Bertz CT molecular complexity index is 134. The van der Waals surface area contributed by atoms with E-state index < -0.39 is 0 Å². The zero-order valence-corrected chi connectivity index (χ0v) is 8.73. The molecule has 0 aliphatic heterocycles. The van der Waals surface area contributed by atoms with Gasteiger partial charge in [0, 0.05) is 0 Å². The molecular weight excluding hydrogens is 158 g/mol. The average Bonchev–Trinajstić information content (AvgIpc) is 2.11. The second-order valence-electron chi connectivity index (χ2n) is 4.96. The molecule has 1 N–H and O–H groups in total. The molecule has 0 bridgehead atoms. The smallest absolute Gasteiger partial charge is 0.00204 e. The van der Waals surface area contributed by atoms with E-state index in [0.717, 1.165) is 11.8 Å². The van der Waals surface area contributed by atoms with Crippen LogP contribution in [0, 0.1) is 11.8 Å². The van der Waals surface area contributed by atoms with Crippen LogP contribution in [0.15, 0.2) is 0 Å². The highest BCUT2D eigenvalue weighted by Crippen LogP contribution is 2.26. The first-order chi connectivity index (χ1) is 6.45. The minimum Gasteiger partial charge on any atom is -0.316 e. The molecule has 0 amide bonds. The van der Waals surface area contributed by atoms with E-state index in [9.17, 15) is 0 Å². The molecule has 0 saturated heterocycles. The molecule has 0 aromatic heterocycles. The van der Waals surface area contributed by atoms with Crippen molar-refractivity contribution in [3.63, 3.8) is 0 Å². The Morgan fingerprint density at radius 2 is 1.23 bits per heavy atom. The Balaban J connectivity index is 1.50. The summed E-state index contributed by atoms with van der Waals surface area (Å²) < 4.78 is 0. The van der Waals surface area contributed by atoms with Gasteiger partial charge in [0.05, 0.1) is 0 Å². The van der Waals surface area contributed by atoms with Crippen LogP contribution in [0.2, 0.25) is 0 Å². The minimum atomic E-state index is 1.01. The highest BCUT2D eigenvalue weighted by molar-refractivity contribution is 4.73. The minimum absolute atomic E-state index is 1.01. The van der Waals surface area contributed by atoms with Crippen molar-refractivity contribution < 1.29 is 0 Å². The molecule has 0 radical (unpaired) electrons. The summed E-state index contributed by atoms with van der Waals surface area (Å²) in [4.78, 5) is 0. The van der Waals surface area contributed by atoms with Crippen LogP contribution in [0.3, 0.4) is 0 Å². The summed E-state index contributed by atoms with van der Waals surface area (Å²) in [5.41, 5.74) is 0. The molecule has 76 valence electrons. The quantitative estimate of drug-likeness (QED) is 0.703. The third kappa shape index (κ3) is 2.98. The first kappa shape index (κ1) is 9.51. The fourth-order valence-electron chi connectivity index (χ4n) is 2.58. The van der Waals surface area contributed by atoms with Gasteiger partial charge in [-0.3, -0.25) is 0 Å². The highest BCUT2D eigenvalue weighted by Gasteiger charge is 2.18. The van der Waals surface area contributed by atoms with Gasteiger partial charge in [-0.05, 0) is 50.6 Å². The van der Waals surface area contributed by atoms with Crippen molar-refractivity contribution >= 4 is 0 Å². The molecule has 2 rings (SSSR count). The van der Waals surface area contributed by atoms with Crippen LogP contribution in [0.5, 0.6) is 0 Å². The van der Waals surface area contributed by atoms with E-state index in [1.54, 1.807) is 0 Å². The molecule has 2 aliphatic rings.